The lowest BCUT2D eigenvalue weighted by atomic mass is 10.0. The highest BCUT2D eigenvalue weighted by Gasteiger charge is 2.32. The van der Waals surface area contributed by atoms with Crippen LogP contribution in [0.1, 0.15) is 38.3 Å². The molecule has 0 saturated carbocycles. The minimum absolute atomic E-state index is 0.0391. The van der Waals surface area contributed by atoms with Crippen LogP contribution in [0.15, 0.2) is 54.6 Å². The summed E-state index contributed by atoms with van der Waals surface area (Å²) in [5.41, 5.74) is 7.26. The zero-order chi connectivity index (χ0) is 36.7. The van der Waals surface area contributed by atoms with Crippen molar-refractivity contribution in [3.05, 3.63) is 65.7 Å². The standard InChI is InChI=1S/C33H46N6O10/c1-18(2)13-24(32(47)39-28(19(3)41)33(48)49)37-31(46)25(15-21-9-11-22(42)12-10-21)36-27(43)16-35-30(45)26(17-40)38-29(44)23(34)14-20-7-5-4-6-8-20/h4-12,18-19,23-26,28,40-42H,13-17,34H2,1-3H3,(H,35,45)(H,36,43)(H,37,46)(H,38,44)(H,39,47)(H,48,49)/t19-,23+,24+,25+,26+,28+/m1/s1. The lowest BCUT2D eigenvalue weighted by molar-refractivity contribution is -0.145. The number of phenolic OH excluding ortho intramolecular Hbond substituents is 1. The van der Waals surface area contributed by atoms with Crippen LogP contribution in [0.5, 0.6) is 5.75 Å². The molecular formula is C33H46N6O10. The van der Waals surface area contributed by atoms with E-state index in [2.05, 4.69) is 26.6 Å². The van der Waals surface area contributed by atoms with Crippen LogP contribution in [-0.4, -0.2) is 105 Å². The van der Waals surface area contributed by atoms with Gasteiger partial charge in [-0.2, -0.15) is 0 Å². The number of nitrogens with one attached hydrogen (secondary N) is 5. The molecule has 16 nitrogen and oxygen atoms in total. The molecule has 2 rings (SSSR count). The molecule has 0 saturated heterocycles. The Labute approximate surface area is 283 Å². The van der Waals surface area contributed by atoms with Crippen molar-refractivity contribution in [1.82, 2.24) is 26.6 Å². The second kappa shape index (κ2) is 19.7. The van der Waals surface area contributed by atoms with E-state index in [-0.39, 0.29) is 30.9 Å². The summed E-state index contributed by atoms with van der Waals surface area (Å²) < 4.78 is 0. The summed E-state index contributed by atoms with van der Waals surface area (Å²) in [6, 6.07) is 8.07. The minimum atomic E-state index is -1.64. The summed E-state index contributed by atoms with van der Waals surface area (Å²) in [7, 11) is 0. The van der Waals surface area contributed by atoms with Crippen molar-refractivity contribution >= 4 is 35.5 Å². The lowest BCUT2D eigenvalue weighted by Gasteiger charge is -2.26. The number of benzene rings is 2. The van der Waals surface area contributed by atoms with E-state index in [1.54, 1.807) is 44.2 Å². The first-order valence-corrected chi connectivity index (χ1v) is 15.7. The van der Waals surface area contributed by atoms with Gasteiger partial charge in [0.1, 0.15) is 23.9 Å². The van der Waals surface area contributed by atoms with E-state index in [1.165, 1.54) is 31.2 Å². The number of aromatic hydroxyl groups is 1. The van der Waals surface area contributed by atoms with Crippen LogP contribution in [0, 0.1) is 5.92 Å². The maximum Gasteiger partial charge on any atom is 0.328 e. The summed E-state index contributed by atoms with van der Waals surface area (Å²) >= 11 is 0. The number of aliphatic hydroxyl groups is 2. The third kappa shape index (κ3) is 13.9. The average molecular weight is 687 g/mol. The van der Waals surface area contributed by atoms with Crippen molar-refractivity contribution < 1.29 is 49.2 Å². The van der Waals surface area contributed by atoms with Crippen LogP contribution >= 0.6 is 0 Å². The average Bonchev–Trinajstić information content (AvgIpc) is 3.04. The summed E-state index contributed by atoms with van der Waals surface area (Å²) in [4.78, 5) is 76.3. The number of rotatable bonds is 19. The molecule has 0 aliphatic rings. The Balaban J connectivity index is 2.12. The van der Waals surface area contributed by atoms with E-state index < -0.39 is 85.0 Å². The number of carboxylic acid groups (broad SMARTS) is 1. The van der Waals surface area contributed by atoms with Crippen molar-refractivity contribution in [2.24, 2.45) is 11.7 Å². The fourth-order valence-electron chi connectivity index (χ4n) is 4.66. The molecule has 0 aliphatic carbocycles. The van der Waals surface area contributed by atoms with Crippen LogP contribution in [0.3, 0.4) is 0 Å². The quantitative estimate of drug-likeness (QED) is 0.0777. The number of hydrogen-bond donors (Lipinski definition) is 10. The van der Waals surface area contributed by atoms with Gasteiger partial charge < -0.3 is 52.7 Å². The fourth-order valence-corrected chi connectivity index (χ4v) is 4.66. The molecule has 0 radical (unpaired) electrons. The van der Waals surface area contributed by atoms with Gasteiger partial charge in [0, 0.05) is 6.42 Å². The maximum absolute atomic E-state index is 13.5. The molecule has 0 bridgehead atoms. The number of amides is 5. The molecule has 11 N–H and O–H groups in total. The normalized spacial score (nSPS) is 14.7. The van der Waals surface area contributed by atoms with Crippen LogP contribution in [-0.2, 0) is 41.6 Å². The van der Waals surface area contributed by atoms with E-state index in [4.69, 9.17) is 5.73 Å². The van der Waals surface area contributed by atoms with E-state index in [1.807, 2.05) is 0 Å². The second-order valence-electron chi connectivity index (χ2n) is 12.0. The first-order chi connectivity index (χ1) is 23.1. The highest BCUT2D eigenvalue weighted by molar-refractivity contribution is 5.95. The molecular weight excluding hydrogens is 640 g/mol. The zero-order valence-electron chi connectivity index (χ0n) is 27.6. The predicted octanol–water partition coefficient (Wildman–Crippen LogP) is -1.94. The molecule has 0 fully saturated rings. The van der Waals surface area contributed by atoms with Crippen LogP contribution in [0.4, 0.5) is 0 Å². The maximum atomic E-state index is 13.5. The fraction of sp³-hybridized carbons (Fsp3) is 0.455. The first kappa shape index (κ1) is 40.1. The number of carboxylic acids is 1. The number of aliphatic carboxylic acids is 1. The Kier molecular flexibility index (Phi) is 16.1. The van der Waals surface area contributed by atoms with Crippen LogP contribution in [0.25, 0.3) is 0 Å². The number of nitrogens with two attached hydrogens (primary N) is 1. The molecule has 0 aliphatic heterocycles. The van der Waals surface area contributed by atoms with Gasteiger partial charge in [0.2, 0.25) is 29.5 Å². The highest BCUT2D eigenvalue weighted by atomic mass is 16.4. The van der Waals surface area contributed by atoms with Crippen LogP contribution in [0.2, 0.25) is 0 Å². The molecule has 2 aromatic rings. The minimum Gasteiger partial charge on any atom is -0.508 e. The van der Waals surface area contributed by atoms with Crippen molar-refractivity contribution in [3.8, 4) is 5.75 Å². The molecule has 0 spiro atoms. The molecule has 49 heavy (non-hydrogen) atoms. The molecule has 16 heteroatoms. The van der Waals surface area contributed by atoms with Crippen molar-refractivity contribution in [2.75, 3.05) is 13.2 Å². The third-order valence-corrected chi connectivity index (χ3v) is 7.29. The first-order valence-electron chi connectivity index (χ1n) is 15.7. The van der Waals surface area contributed by atoms with Gasteiger partial charge in [-0.3, -0.25) is 24.0 Å². The molecule has 6 atom stereocenters. The Morgan fingerprint density at radius 3 is 1.84 bits per heavy atom. The molecule has 2 aromatic carbocycles. The smallest absolute Gasteiger partial charge is 0.328 e. The monoisotopic (exact) mass is 686 g/mol. The highest BCUT2D eigenvalue weighted by Crippen LogP contribution is 2.13. The molecule has 5 amide bonds. The van der Waals surface area contributed by atoms with Gasteiger partial charge in [0.05, 0.1) is 25.3 Å². The zero-order valence-corrected chi connectivity index (χ0v) is 27.6. The second-order valence-corrected chi connectivity index (χ2v) is 12.0. The summed E-state index contributed by atoms with van der Waals surface area (Å²) in [5.74, 6) is -5.75. The number of aliphatic hydroxyl groups excluding tert-OH is 2. The largest absolute Gasteiger partial charge is 0.508 e. The van der Waals surface area contributed by atoms with Gasteiger partial charge in [-0.25, -0.2) is 4.79 Å². The van der Waals surface area contributed by atoms with Crippen molar-refractivity contribution in [2.45, 2.75) is 76.3 Å². The summed E-state index contributed by atoms with van der Waals surface area (Å²) in [6.45, 7) is 3.28. The van der Waals surface area contributed by atoms with Gasteiger partial charge >= 0.3 is 5.97 Å². The van der Waals surface area contributed by atoms with Gasteiger partial charge in [0.15, 0.2) is 6.04 Å². The van der Waals surface area contributed by atoms with E-state index in [0.717, 1.165) is 5.56 Å². The van der Waals surface area contributed by atoms with E-state index in [0.29, 0.717) is 5.56 Å². The predicted molar refractivity (Wildman–Crippen MR) is 177 cm³/mol. The summed E-state index contributed by atoms with van der Waals surface area (Å²) in [5, 5.41) is 50.4. The van der Waals surface area contributed by atoms with Gasteiger partial charge in [0.25, 0.3) is 0 Å². The van der Waals surface area contributed by atoms with Crippen LogP contribution < -0.4 is 32.3 Å². The third-order valence-electron chi connectivity index (χ3n) is 7.29. The topological polar surface area (TPSA) is 270 Å². The van der Waals surface area contributed by atoms with Gasteiger partial charge in [-0.05, 0) is 48.9 Å². The number of carbonyl (C=O) groups is 6. The Morgan fingerprint density at radius 2 is 1.29 bits per heavy atom. The van der Waals surface area contributed by atoms with Crippen molar-refractivity contribution in [3.63, 3.8) is 0 Å². The molecule has 0 unspecified atom stereocenters. The van der Waals surface area contributed by atoms with Crippen molar-refractivity contribution in [1.29, 1.82) is 0 Å². The lowest BCUT2D eigenvalue weighted by Crippen LogP contribution is -2.58. The number of phenols is 1. The Morgan fingerprint density at radius 1 is 0.714 bits per heavy atom. The van der Waals surface area contributed by atoms with E-state index >= 15 is 0 Å². The number of carbonyl (C=O) groups excluding carboxylic acids is 5. The van der Waals surface area contributed by atoms with E-state index in [9.17, 15) is 49.2 Å². The molecule has 0 heterocycles. The Hall–Kier alpha value is -5.06. The van der Waals surface area contributed by atoms with Gasteiger partial charge in [-0.15, -0.1) is 0 Å². The Bertz CT molecular complexity index is 1420. The SMILES string of the molecule is CC(C)C[C@H](NC(=O)[C@H](Cc1ccc(O)cc1)NC(=O)CNC(=O)[C@H](CO)NC(=O)[C@@H](N)Cc1ccccc1)C(=O)N[C@H](C(=O)O)[C@@H](C)O. The van der Waals surface area contributed by atoms with Gasteiger partial charge in [-0.1, -0.05) is 56.3 Å². The summed E-state index contributed by atoms with van der Waals surface area (Å²) in [6.07, 6.45) is -1.27. The molecule has 0 aromatic heterocycles. The number of hydrogen-bond acceptors (Lipinski definition) is 10. The molecule has 268 valence electrons.